The molecule has 11 heavy (non-hydrogen) atoms. The highest BCUT2D eigenvalue weighted by atomic mass is 15.1. The van der Waals surface area contributed by atoms with Gasteiger partial charge in [0.25, 0.3) is 0 Å². The molecule has 0 atom stereocenters. The van der Waals surface area contributed by atoms with Gasteiger partial charge in [-0.2, -0.15) is 0 Å². The van der Waals surface area contributed by atoms with E-state index in [-0.39, 0.29) is 0 Å². The highest BCUT2D eigenvalue weighted by Gasteiger charge is 2.15. The van der Waals surface area contributed by atoms with E-state index in [1.807, 2.05) is 6.92 Å². The van der Waals surface area contributed by atoms with Crippen LogP contribution in [0.5, 0.6) is 0 Å². The van der Waals surface area contributed by atoms with Crippen LogP contribution in [0.25, 0.3) is 0 Å². The summed E-state index contributed by atoms with van der Waals surface area (Å²) in [5.41, 5.74) is 3.77. The number of aromatic nitrogens is 1. The number of fused-ring (bicyclic) bond motifs is 1. The Morgan fingerprint density at radius 3 is 3.00 bits per heavy atom. The number of rotatable bonds is 0. The molecule has 2 rings (SSSR count). The molecule has 0 amide bonds. The number of nitrogens with zero attached hydrogens (tertiary/aromatic N) is 2. The fourth-order valence-corrected chi connectivity index (χ4v) is 1.52. The van der Waals surface area contributed by atoms with Gasteiger partial charge in [-0.3, -0.25) is 9.88 Å². The quantitative estimate of drug-likeness (QED) is 0.552. The van der Waals surface area contributed by atoms with Gasteiger partial charge in [-0.1, -0.05) is 6.07 Å². The zero-order valence-corrected chi connectivity index (χ0v) is 6.96. The molecule has 2 heteroatoms. The first kappa shape index (κ1) is 6.80. The Balaban J connectivity index is 2.43. The molecule has 1 aromatic rings. The van der Waals surface area contributed by atoms with Crippen molar-refractivity contribution in [2.75, 3.05) is 7.05 Å². The Morgan fingerprint density at radius 1 is 1.36 bits per heavy atom. The molecule has 0 bridgehead atoms. The van der Waals surface area contributed by atoms with Gasteiger partial charge < -0.3 is 0 Å². The Labute approximate surface area is 66.9 Å². The molecule has 1 aliphatic rings. The van der Waals surface area contributed by atoms with Gasteiger partial charge in [-0.05, 0) is 25.6 Å². The predicted octanol–water partition coefficient (Wildman–Crippen LogP) is 1.34. The van der Waals surface area contributed by atoms with Gasteiger partial charge in [0.05, 0.1) is 5.69 Å². The first-order chi connectivity index (χ1) is 5.25. The molecule has 58 valence electrons. The summed E-state index contributed by atoms with van der Waals surface area (Å²) in [5.74, 6) is 0. The molecule has 0 N–H and O–H groups in total. The van der Waals surface area contributed by atoms with Crippen molar-refractivity contribution in [3.8, 4) is 0 Å². The van der Waals surface area contributed by atoms with E-state index in [0.29, 0.717) is 0 Å². The first-order valence-electron chi connectivity index (χ1n) is 3.89. The maximum Gasteiger partial charge on any atom is 0.0592 e. The summed E-state index contributed by atoms with van der Waals surface area (Å²) in [6.45, 7) is 4.11. The van der Waals surface area contributed by atoms with E-state index < -0.39 is 0 Å². The van der Waals surface area contributed by atoms with E-state index >= 15 is 0 Å². The predicted molar refractivity (Wildman–Crippen MR) is 44.1 cm³/mol. The molecule has 0 saturated carbocycles. The van der Waals surface area contributed by atoms with Crippen LogP contribution in [-0.2, 0) is 13.1 Å². The topological polar surface area (TPSA) is 16.1 Å². The molecular weight excluding hydrogens is 136 g/mol. The molecule has 0 aromatic carbocycles. The molecule has 2 heterocycles. The Kier molecular flexibility index (Phi) is 1.43. The summed E-state index contributed by atoms with van der Waals surface area (Å²) in [6.07, 6.45) is 0. The van der Waals surface area contributed by atoms with E-state index in [1.165, 1.54) is 11.3 Å². The second kappa shape index (κ2) is 2.31. The number of hydrogen-bond acceptors (Lipinski definition) is 2. The second-order valence-corrected chi connectivity index (χ2v) is 3.23. The average molecular weight is 148 g/mol. The molecule has 0 fully saturated rings. The van der Waals surface area contributed by atoms with Crippen LogP contribution in [0.2, 0.25) is 0 Å². The lowest BCUT2D eigenvalue weighted by Gasteiger charge is -2.02. The van der Waals surface area contributed by atoms with Crippen molar-refractivity contribution >= 4 is 0 Å². The number of hydrogen-bond donors (Lipinski definition) is 0. The maximum absolute atomic E-state index is 4.46. The molecular formula is C9H12N2. The van der Waals surface area contributed by atoms with Gasteiger partial charge in [-0.25, -0.2) is 0 Å². The Bertz CT molecular complexity index is 281. The van der Waals surface area contributed by atoms with Crippen molar-refractivity contribution in [2.45, 2.75) is 20.0 Å². The smallest absolute Gasteiger partial charge is 0.0592 e. The van der Waals surface area contributed by atoms with Crippen molar-refractivity contribution in [3.63, 3.8) is 0 Å². The van der Waals surface area contributed by atoms with Crippen LogP contribution >= 0.6 is 0 Å². The second-order valence-electron chi connectivity index (χ2n) is 3.23. The monoisotopic (exact) mass is 148 g/mol. The van der Waals surface area contributed by atoms with Crippen LogP contribution in [0, 0.1) is 6.92 Å². The average Bonchev–Trinajstić information content (AvgIpc) is 2.27. The van der Waals surface area contributed by atoms with Gasteiger partial charge in [0.1, 0.15) is 0 Å². The lowest BCUT2D eigenvalue weighted by atomic mass is 10.2. The summed E-state index contributed by atoms with van der Waals surface area (Å²) in [4.78, 5) is 6.74. The summed E-state index contributed by atoms with van der Waals surface area (Å²) in [7, 11) is 2.12. The minimum absolute atomic E-state index is 1.01. The van der Waals surface area contributed by atoms with Crippen LogP contribution in [0.3, 0.4) is 0 Å². The van der Waals surface area contributed by atoms with Gasteiger partial charge in [0.15, 0.2) is 0 Å². The largest absolute Gasteiger partial charge is 0.296 e. The molecule has 1 aliphatic heterocycles. The van der Waals surface area contributed by atoms with Gasteiger partial charge in [0.2, 0.25) is 0 Å². The van der Waals surface area contributed by atoms with E-state index in [2.05, 4.69) is 29.1 Å². The highest BCUT2D eigenvalue weighted by molar-refractivity contribution is 5.25. The zero-order chi connectivity index (χ0) is 7.84. The first-order valence-corrected chi connectivity index (χ1v) is 3.89. The number of pyridine rings is 1. The third kappa shape index (κ3) is 1.14. The van der Waals surface area contributed by atoms with Gasteiger partial charge in [-0.15, -0.1) is 0 Å². The van der Waals surface area contributed by atoms with Crippen molar-refractivity contribution in [2.24, 2.45) is 0 Å². The zero-order valence-electron chi connectivity index (χ0n) is 6.96. The lowest BCUT2D eigenvalue weighted by Crippen LogP contribution is -2.07. The van der Waals surface area contributed by atoms with Crippen LogP contribution in [0.15, 0.2) is 12.1 Å². The third-order valence-corrected chi connectivity index (χ3v) is 2.07. The summed E-state index contributed by atoms with van der Waals surface area (Å²) in [6, 6.07) is 4.26. The molecule has 0 radical (unpaired) electrons. The van der Waals surface area contributed by atoms with Crippen LogP contribution < -0.4 is 0 Å². The van der Waals surface area contributed by atoms with E-state index in [4.69, 9.17) is 0 Å². The van der Waals surface area contributed by atoms with Crippen molar-refractivity contribution in [3.05, 3.63) is 29.1 Å². The van der Waals surface area contributed by atoms with Crippen LogP contribution in [-0.4, -0.2) is 16.9 Å². The molecule has 0 saturated heterocycles. The van der Waals surface area contributed by atoms with Crippen LogP contribution in [0.4, 0.5) is 0 Å². The summed E-state index contributed by atoms with van der Waals surface area (Å²) >= 11 is 0. The standard InChI is InChI=1S/C9H12N2/c1-7-3-4-8-5-11(2)6-9(8)10-7/h3-4H,5-6H2,1-2H3. The minimum Gasteiger partial charge on any atom is -0.296 e. The molecule has 2 nitrogen and oxygen atoms in total. The SMILES string of the molecule is Cc1ccc2c(n1)CN(C)C2. The van der Waals surface area contributed by atoms with E-state index in [9.17, 15) is 0 Å². The molecule has 0 spiro atoms. The van der Waals surface area contributed by atoms with Crippen molar-refractivity contribution in [1.82, 2.24) is 9.88 Å². The molecule has 0 aliphatic carbocycles. The molecule has 0 unspecified atom stereocenters. The Morgan fingerprint density at radius 2 is 2.18 bits per heavy atom. The fraction of sp³-hybridized carbons (Fsp3) is 0.444. The van der Waals surface area contributed by atoms with Gasteiger partial charge >= 0.3 is 0 Å². The van der Waals surface area contributed by atoms with Crippen molar-refractivity contribution in [1.29, 1.82) is 0 Å². The normalized spacial score (nSPS) is 16.9. The number of aryl methyl sites for hydroxylation is 1. The van der Waals surface area contributed by atoms with Gasteiger partial charge in [0, 0.05) is 18.8 Å². The maximum atomic E-state index is 4.46. The van der Waals surface area contributed by atoms with Crippen molar-refractivity contribution < 1.29 is 0 Å². The molecule has 1 aromatic heterocycles. The minimum atomic E-state index is 1.01. The third-order valence-electron chi connectivity index (χ3n) is 2.07. The summed E-state index contributed by atoms with van der Waals surface area (Å²) in [5, 5.41) is 0. The van der Waals surface area contributed by atoms with E-state index in [0.717, 1.165) is 18.8 Å². The van der Waals surface area contributed by atoms with Crippen LogP contribution in [0.1, 0.15) is 17.0 Å². The summed E-state index contributed by atoms with van der Waals surface area (Å²) < 4.78 is 0. The Hall–Kier alpha value is -0.890. The lowest BCUT2D eigenvalue weighted by molar-refractivity contribution is 0.351. The highest BCUT2D eigenvalue weighted by Crippen LogP contribution is 2.18. The van der Waals surface area contributed by atoms with E-state index in [1.54, 1.807) is 0 Å². The fourth-order valence-electron chi connectivity index (χ4n) is 1.52.